The van der Waals surface area contributed by atoms with Gasteiger partial charge in [-0.15, -0.1) is 0 Å². The predicted molar refractivity (Wildman–Crippen MR) is 83.8 cm³/mol. The van der Waals surface area contributed by atoms with Crippen LogP contribution in [0.4, 0.5) is 14.9 Å². The Hall–Kier alpha value is -1.88. The molecule has 1 aliphatic rings. The number of hydrogen-bond acceptors (Lipinski definition) is 1. The number of halogens is 2. The summed E-state index contributed by atoms with van der Waals surface area (Å²) >= 11 is 3.18. The molecule has 1 unspecified atom stereocenters. The lowest BCUT2D eigenvalue weighted by molar-refractivity contribution is 0.248. The fourth-order valence-corrected chi connectivity index (χ4v) is 2.95. The van der Waals surface area contributed by atoms with Gasteiger partial charge in [-0.05, 0) is 42.2 Å². The molecule has 1 aliphatic carbocycles. The van der Waals surface area contributed by atoms with Crippen molar-refractivity contribution in [3.8, 4) is 0 Å². The van der Waals surface area contributed by atoms with Crippen LogP contribution in [0.5, 0.6) is 0 Å². The number of fused-ring (bicyclic) bond motifs is 1. The predicted octanol–water partition coefficient (Wildman–Crippen LogP) is 4.40. The third-order valence-electron chi connectivity index (χ3n) is 3.62. The Bertz CT molecular complexity index is 690. The molecule has 0 aromatic heterocycles. The Morgan fingerprint density at radius 1 is 1.24 bits per heavy atom. The monoisotopic (exact) mass is 348 g/mol. The minimum Gasteiger partial charge on any atom is -0.331 e. The number of hydrogen-bond donors (Lipinski definition) is 2. The van der Waals surface area contributed by atoms with Crippen LogP contribution in [0.2, 0.25) is 0 Å². The molecule has 0 heterocycles. The second-order valence-corrected chi connectivity index (χ2v) is 5.93. The molecule has 1 atom stereocenters. The van der Waals surface area contributed by atoms with Gasteiger partial charge in [0.05, 0.1) is 11.7 Å². The van der Waals surface area contributed by atoms with Gasteiger partial charge in [-0.3, -0.25) is 0 Å². The number of benzene rings is 2. The summed E-state index contributed by atoms with van der Waals surface area (Å²) in [4.78, 5) is 12.0. The summed E-state index contributed by atoms with van der Waals surface area (Å²) in [5, 5.41) is 5.45. The topological polar surface area (TPSA) is 41.1 Å². The average molecular weight is 349 g/mol. The maximum atomic E-state index is 13.7. The maximum absolute atomic E-state index is 13.7. The van der Waals surface area contributed by atoms with Crippen molar-refractivity contribution in [3.05, 3.63) is 63.9 Å². The normalized spacial score (nSPS) is 16.4. The van der Waals surface area contributed by atoms with E-state index < -0.39 is 11.8 Å². The number of anilines is 1. The summed E-state index contributed by atoms with van der Waals surface area (Å²) in [5.41, 5.74) is 2.57. The molecule has 3 rings (SSSR count). The summed E-state index contributed by atoms with van der Waals surface area (Å²) in [6.45, 7) is 0. The molecule has 0 aliphatic heterocycles. The van der Waals surface area contributed by atoms with Crippen LogP contribution in [0.1, 0.15) is 23.6 Å². The van der Waals surface area contributed by atoms with Crippen molar-refractivity contribution in [2.24, 2.45) is 0 Å². The third-order valence-corrected chi connectivity index (χ3v) is 4.11. The lowest BCUT2D eigenvalue weighted by Crippen LogP contribution is -2.31. The van der Waals surface area contributed by atoms with Crippen molar-refractivity contribution in [1.82, 2.24) is 5.32 Å². The highest BCUT2D eigenvalue weighted by Crippen LogP contribution is 2.30. The molecule has 108 valence electrons. The third kappa shape index (κ3) is 3.08. The Balaban J connectivity index is 1.68. The zero-order valence-corrected chi connectivity index (χ0v) is 12.8. The molecule has 2 amide bonds. The van der Waals surface area contributed by atoms with E-state index >= 15 is 0 Å². The molecule has 0 saturated carbocycles. The highest BCUT2D eigenvalue weighted by atomic mass is 79.9. The van der Waals surface area contributed by atoms with Crippen LogP contribution in [0.3, 0.4) is 0 Å². The fraction of sp³-hybridized carbons (Fsp3) is 0.188. The van der Waals surface area contributed by atoms with E-state index in [2.05, 4.69) is 32.6 Å². The van der Waals surface area contributed by atoms with Crippen LogP contribution in [0, 0.1) is 5.82 Å². The van der Waals surface area contributed by atoms with Gasteiger partial charge in [-0.2, -0.15) is 0 Å². The van der Waals surface area contributed by atoms with E-state index in [1.54, 1.807) is 6.07 Å². The summed E-state index contributed by atoms with van der Waals surface area (Å²) in [6, 6.07) is 12.2. The SMILES string of the molecule is O=C(Nc1ccc(Br)cc1F)NC1CCc2ccccc21. The van der Waals surface area contributed by atoms with Gasteiger partial charge in [0.1, 0.15) is 5.82 Å². The number of urea groups is 1. The van der Waals surface area contributed by atoms with Crippen LogP contribution in [0.15, 0.2) is 46.9 Å². The van der Waals surface area contributed by atoms with Gasteiger partial charge in [0.25, 0.3) is 0 Å². The number of carbonyl (C=O) groups excluding carboxylic acids is 1. The van der Waals surface area contributed by atoms with Crippen molar-refractivity contribution in [1.29, 1.82) is 0 Å². The number of amides is 2. The Morgan fingerprint density at radius 2 is 2.05 bits per heavy atom. The van der Waals surface area contributed by atoms with E-state index in [0.29, 0.717) is 4.47 Å². The standard InChI is InChI=1S/C16H14BrFN2O/c17-11-6-8-15(13(18)9-11)20-16(21)19-14-7-5-10-3-1-2-4-12(10)14/h1-4,6,8-9,14H,5,7H2,(H2,19,20,21). The molecule has 3 nitrogen and oxygen atoms in total. The molecule has 0 saturated heterocycles. The second-order valence-electron chi connectivity index (χ2n) is 5.01. The first-order valence-corrected chi connectivity index (χ1v) is 7.53. The minimum atomic E-state index is -0.466. The van der Waals surface area contributed by atoms with Crippen molar-refractivity contribution < 1.29 is 9.18 Å². The molecule has 21 heavy (non-hydrogen) atoms. The first-order chi connectivity index (χ1) is 10.1. The lowest BCUT2D eigenvalue weighted by Gasteiger charge is -2.15. The van der Waals surface area contributed by atoms with Gasteiger partial charge in [-0.1, -0.05) is 40.2 Å². The summed E-state index contributed by atoms with van der Waals surface area (Å²) in [6.07, 6.45) is 1.82. The number of aryl methyl sites for hydroxylation is 1. The summed E-state index contributed by atoms with van der Waals surface area (Å²) < 4.78 is 14.3. The van der Waals surface area contributed by atoms with Gasteiger partial charge in [0.15, 0.2) is 0 Å². The molecule has 0 bridgehead atoms. The molecule has 0 spiro atoms. The lowest BCUT2D eigenvalue weighted by atomic mass is 10.1. The Kier molecular flexibility index (Phi) is 3.92. The quantitative estimate of drug-likeness (QED) is 0.829. The molecule has 2 aromatic rings. The molecular weight excluding hydrogens is 335 g/mol. The molecule has 2 N–H and O–H groups in total. The largest absolute Gasteiger partial charge is 0.331 e. The van der Waals surface area contributed by atoms with Crippen LogP contribution in [-0.4, -0.2) is 6.03 Å². The van der Waals surface area contributed by atoms with E-state index in [4.69, 9.17) is 0 Å². The van der Waals surface area contributed by atoms with Gasteiger partial charge in [0.2, 0.25) is 0 Å². The van der Waals surface area contributed by atoms with Gasteiger partial charge >= 0.3 is 6.03 Å². The summed E-state index contributed by atoms with van der Waals surface area (Å²) in [5.74, 6) is -0.466. The molecular formula is C16H14BrFN2O. The molecule has 2 aromatic carbocycles. The van der Waals surface area contributed by atoms with Gasteiger partial charge in [-0.25, -0.2) is 9.18 Å². The Labute approximate surface area is 130 Å². The second kappa shape index (κ2) is 5.85. The van der Waals surface area contributed by atoms with Crippen molar-refractivity contribution in [2.75, 3.05) is 5.32 Å². The molecule has 5 heteroatoms. The highest BCUT2D eigenvalue weighted by Gasteiger charge is 2.23. The smallest absolute Gasteiger partial charge is 0.319 e. The van der Waals surface area contributed by atoms with E-state index in [0.717, 1.165) is 18.4 Å². The minimum absolute atomic E-state index is 0.0142. The first kappa shape index (κ1) is 14.1. The fourth-order valence-electron chi connectivity index (χ4n) is 2.61. The zero-order valence-electron chi connectivity index (χ0n) is 11.2. The molecule has 0 radical (unpaired) electrons. The van der Waals surface area contributed by atoms with E-state index in [1.165, 1.54) is 17.7 Å². The van der Waals surface area contributed by atoms with Crippen molar-refractivity contribution >= 4 is 27.6 Å². The van der Waals surface area contributed by atoms with Crippen LogP contribution in [0.25, 0.3) is 0 Å². The zero-order chi connectivity index (χ0) is 14.8. The average Bonchev–Trinajstić information content (AvgIpc) is 2.85. The van der Waals surface area contributed by atoms with Crippen molar-refractivity contribution in [3.63, 3.8) is 0 Å². The van der Waals surface area contributed by atoms with E-state index in [9.17, 15) is 9.18 Å². The first-order valence-electron chi connectivity index (χ1n) is 6.74. The summed E-state index contributed by atoms with van der Waals surface area (Å²) in [7, 11) is 0. The highest BCUT2D eigenvalue weighted by molar-refractivity contribution is 9.10. The molecule has 0 fully saturated rings. The maximum Gasteiger partial charge on any atom is 0.319 e. The van der Waals surface area contributed by atoms with Crippen LogP contribution in [-0.2, 0) is 6.42 Å². The van der Waals surface area contributed by atoms with Gasteiger partial charge < -0.3 is 10.6 Å². The van der Waals surface area contributed by atoms with E-state index in [-0.39, 0.29) is 11.7 Å². The van der Waals surface area contributed by atoms with Crippen LogP contribution >= 0.6 is 15.9 Å². The van der Waals surface area contributed by atoms with E-state index in [1.807, 2.05) is 18.2 Å². The number of nitrogens with one attached hydrogen (secondary N) is 2. The number of carbonyl (C=O) groups is 1. The number of rotatable bonds is 2. The van der Waals surface area contributed by atoms with Crippen molar-refractivity contribution in [2.45, 2.75) is 18.9 Å². The van der Waals surface area contributed by atoms with Crippen LogP contribution < -0.4 is 10.6 Å². The van der Waals surface area contributed by atoms with Gasteiger partial charge in [0, 0.05) is 4.47 Å². The Morgan fingerprint density at radius 3 is 2.86 bits per heavy atom.